The van der Waals surface area contributed by atoms with Gasteiger partial charge in [-0.15, -0.1) is 0 Å². The fourth-order valence-corrected chi connectivity index (χ4v) is 0. The van der Waals surface area contributed by atoms with Gasteiger partial charge in [0.05, 0.1) is 6.04 Å². The molecule has 2 nitrogen and oxygen atoms in total. The summed E-state index contributed by atoms with van der Waals surface area (Å²) in [6.07, 6.45) is -1.87. The Labute approximate surface area is 35.8 Å². The molecule has 0 amide bonds. The smallest absolute Gasteiger partial charge is 0.211 e. The van der Waals surface area contributed by atoms with Gasteiger partial charge in [0.1, 0.15) is 0 Å². The molecule has 3 N–H and O–H groups in total. The van der Waals surface area contributed by atoms with Crippen molar-refractivity contribution in [3.8, 4) is 0 Å². The third kappa shape index (κ3) is 2.11. The number of nitrogens with two attached hydrogens (primary N) is 1. The second-order valence-electron chi connectivity index (χ2n) is 1.23. The molecule has 0 spiro atoms. The first-order chi connectivity index (χ1) is 2.64. The van der Waals surface area contributed by atoms with Crippen molar-refractivity contribution in [3.05, 3.63) is 0 Å². The van der Waals surface area contributed by atoms with Crippen molar-refractivity contribution in [2.24, 2.45) is 5.73 Å². The second kappa shape index (κ2) is 2.10. The summed E-state index contributed by atoms with van der Waals surface area (Å²) in [4.78, 5) is 0. The quantitative estimate of drug-likeness (QED) is 0.464. The zero-order valence-electron chi connectivity index (χ0n) is 3.56. The summed E-state index contributed by atoms with van der Waals surface area (Å²) in [6, 6.07) is -0.759. The van der Waals surface area contributed by atoms with Crippen LogP contribution in [0.1, 0.15) is 6.92 Å². The van der Waals surface area contributed by atoms with Gasteiger partial charge >= 0.3 is 0 Å². The van der Waals surface area contributed by atoms with E-state index < -0.39 is 12.4 Å². The highest BCUT2D eigenvalue weighted by Crippen LogP contribution is 1.85. The van der Waals surface area contributed by atoms with Crippen LogP contribution in [0.5, 0.6) is 0 Å². The molecule has 6 heavy (non-hydrogen) atoms. The van der Waals surface area contributed by atoms with Crippen molar-refractivity contribution in [2.75, 3.05) is 0 Å². The van der Waals surface area contributed by atoms with Crippen molar-refractivity contribution in [1.82, 2.24) is 0 Å². The van der Waals surface area contributed by atoms with Crippen molar-refractivity contribution in [3.63, 3.8) is 0 Å². The van der Waals surface area contributed by atoms with E-state index in [0.29, 0.717) is 0 Å². The Morgan fingerprint density at radius 3 is 2.00 bits per heavy atom. The van der Waals surface area contributed by atoms with E-state index in [2.05, 4.69) is 0 Å². The van der Waals surface area contributed by atoms with Gasteiger partial charge in [0.25, 0.3) is 0 Å². The molecular formula is C3H8FNO. The molecule has 0 aromatic heterocycles. The average Bonchev–Trinajstić information content (AvgIpc) is 1.36. The molecule has 0 aliphatic heterocycles. The van der Waals surface area contributed by atoms with Gasteiger partial charge in [-0.1, -0.05) is 0 Å². The minimum Gasteiger partial charge on any atom is -0.363 e. The minimum absolute atomic E-state index is 0.759. The number of aliphatic hydroxyl groups excluding tert-OH is 1. The van der Waals surface area contributed by atoms with Crippen LogP contribution in [0.25, 0.3) is 0 Å². The van der Waals surface area contributed by atoms with E-state index in [9.17, 15) is 4.39 Å². The molecule has 0 rings (SSSR count). The molecule has 0 saturated carbocycles. The number of hydrogen-bond donors (Lipinski definition) is 2. The normalized spacial score (nSPS) is 20.0. The highest BCUT2D eigenvalue weighted by atomic mass is 19.1. The minimum atomic E-state index is -1.87. The topological polar surface area (TPSA) is 46.2 Å². The maximum atomic E-state index is 11.3. The third-order valence-corrected chi connectivity index (χ3v) is 0.434. The van der Waals surface area contributed by atoms with Crippen LogP contribution in [0.15, 0.2) is 0 Å². The summed E-state index contributed by atoms with van der Waals surface area (Å²) >= 11 is 0. The van der Waals surface area contributed by atoms with Crippen LogP contribution >= 0.6 is 0 Å². The first-order valence-electron chi connectivity index (χ1n) is 1.72. The lowest BCUT2D eigenvalue weighted by molar-refractivity contribution is 0.0238. The van der Waals surface area contributed by atoms with Crippen LogP contribution in [0.3, 0.4) is 0 Å². The first kappa shape index (κ1) is 5.85. The fourth-order valence-electron chi connectivity index (χ4n) is 0. The van der Waals surface area contributed by atoms with Crippen LogP contribution in [0.2, 0.25) is 0 Å². The largest absolute Gasteiger partial charge is 0.363 e. The highest BCUT2D eigenvalue weighted by Gasteiger charge is 2.03. The lowest BCUT2D eigenvalue weighted by atomic mass is 10.4. The summed E-state index contributed by atoms with van der Waals surface area (Å²) in [5, 5.41) is 7.84. The number of aliphatic hydroxyl groups is 1. The van der Waals surface area contributed by atoms with E-state index in [4.69, 9.17) is 10.8 Å². The number of halogens is 1. The molecule has 0 saturated heterocycles. The van der Waals surface area contributed by atoms with Crippen LogP contribution in [-0.2, 0) is 0 Å². The summed E-state index contributed by atoms with van der Waals surface area (Å²) < 4.78 is 11.3. The van der Waals surface area contributed by atoms with Gasteiger partial charge in [-0.3, -0.25) is 0 Å². The van der Waals surface area contributed by atoms with Gasteiger partial charge in [-0.05, 0) is 6.92 Å². The molecule has 0 aromatic rings. The summed E-state index contributed by atoms with van der Waals surface area (Å²) in [5.74, 6) is 0. The van der Waals surface area contributed by atoms with Crippen LogP contribution < -0.4 is 5.73 Å². The molecule has 0 heterocycles. The number of hydrogen-bond acceptors (Lipinski definition) is 2. The molecule has 0 aliphatic carbocycles. The lowest BCUT2D eigenvalue weighted by Crippen LogP contribution is -2.27. The Balaban J connectivity index is 2.99. The molecule has 2 unspecified atom stereocenters. The number of rotatable bonds is 1. The van der Waals surface area contributed by atoms with Crippen LogP contribution in [0.4, 0.5) is 4.39 Å². The van der Waals surface area contributed by atoms with E-state index in [1.807, 2.05) is 0 Å². The van der Waals surface area contributed by atoms with Crippen LogP contribution in [-0.4, -0.2) is 17.5 Å². The second-order valence-corrected chi connectivity index (χ2v) is 1.23. The Bertz CT molecular complexity index is 31.8. The molecule has 0 fully saturated rings. The predicted molar refractivity (Wildman–Crippen MR) is 20.8 cm³/mol. The van der Waals surface area contributed by atoms with Crippen molar-refractivity contribution < 1.29 is 9.50 Å². The molecular weight excluding hydrogens is 85.0 g/mol. The highest BCUT2D eigenvalue weighted by molar-refractivity contribution is 4.51. The zero-order valence-corrected chi connectivity index (χ0v) is 3.56. The molecule has 0 aromatic carbocycles. The Morgan fingerprint density at radius 1 is 1.83 bits per heavy atom. The van der Waals surface area contributed by atoms with Crippen molar-refractivity contribution in [2.45, 2.75) is 19.3 Å². The Morgan fingerprint density at radius 2 is 2.00 bits per heavy atom. The third-order valence-electron chi connectivity index (χ3n) is 0.434. The van der Waals surface area contributed by atoms with Gasteiger partial charge < -0.3 is 10.8 Å². The van der Waals surface area contributed by atoms with E-state index in [1.165, 1.54) is 6.92 Å². The van der Waals surface area contributed by atoms with Gasteiger partial charge in [0, 0.05) is 0 Å². The van der Waals surface area contributed by atoms with E-state index in [1.54, 1.807) is 0 Å². The van der Waals surface area contributed by atoms with E-state index in [-0.39, 0.29) is 0 Å². The van der Waals surface area contributed by atoms with Gasteiger partial charge in [0.15, 0.2) is 0 Å². The molecule has 0 aliphatic rings. The van der Waals surface area contributed by atoms with Gasteiger partial charge in [-0.25, -0.2) is 4.39 Å². The molecule has 3 heteroatoms. The van der Waals surface area contributed by atoms with Gasteiger partial charge in [-0.2, -0.15) is 0 Å². The number of alkyl halides is 1. The zero-order chi connectivity index (χ0) is 5.15. The fraction of sp³-hybridized carbons (Fsp3) is 1.00. The van der Waals surface area contributed by atoms with Crippen LogP contribution in [0, 0.1) is 0 Å². The predicted octanol–water partition coefficient (Wildman–Crippen LogP) is -0.378. The summed E-state index contributed by atoms with van der Waals surface area (Å²) in [7, 11) is 0. The maximum Gasteiger partial charge on any atom is 0.211 e. The van der Waals surface area contributed by atoms with Gasteiger partial charge in [0.2, 0.25) is 6.36 Å². The SMILES string of the molecule is CC(N)C(O)F. The summed E-state index contributed by atoms with van der Waals surface area (Å²) in [6.45, 7) is 1.39. The lowest BCUT2D eigenvalue weighted by Gasteiger charge is -2.00. The van der Waals surface area contributed by atoms with E-state index >= 15 is 0 Å². The average molecular weight is 93.1 g/mol. The molecule has 0 radical (unpaired) electrons. The summed E-state index contributed by atoms with van der Waals surface area (Å²) in [5.41, 5.74) is 4.81. The molecule has 0 bridgehead atoms. The Hall–Kier alpha value is -0.150. The van der Waals surface area contributed by atoms with Crippen molar-refractivity contribution >= 4 is 0 Å². The Kier molecular flexibility index (Phi) is 2.05. The standard InChI is InChI=1S/C3H8FNO/c1-2(5)3(4)6/h2-3,6H,5H2,1H3. The first-order valence-corrected chi connectivity index (χ1v) is 1.72. The molecule has 38 valence electrons. The maximum absolute atomic E-state index is 11.3. The molecule has 2 atom stereocenters. The van der Waals surface area contributed by atoms with Crippen molar-refractivity contribution in [1.29, 1.82) is 0 Å². The monoisotopic (exact) mass is 93.1 g/mol. The van der Waals surface area contributed by atoms with E-state index in [0.717, 1.165) is 0 Å².